The summed E-state index contributed by atoms with van der Waals surface area (Å²) in [7, 11) is 0. The van der Waals surface area contributed by atoms with E-state index in [1.807, 2.05) is 6.07 Å². The summed E-state index contributed by atoms with van der Waals surface area (Å²) in [6.45, 7) is 0. The number of ether oxygens (including phenoxy) is 1. The number of hydrazone groups is 1. The van der Waals surface area contributed by atoms with E-state index in [1.165, 1.54) is 17.6 Å². The fourth-order valence-electron chi connectivity index (χ4n) is 3.75. The molecule has 2 amide bonds. The fraction of sp³-hybridized carbons (Fsp3) is 0. The Hall–Kier alpha value is -4.02. The van der Waals surface area contributed by atoms with Gasteiger partial charge in [0.15, 0.2) is 0 Å². The first-order valence-corrected chi connectivity index (χ1v) is 14.3. The van der Waals surface area contributed by atoms with E-state index >= 15 is 0 Å². The normalized spacial score (nSPS) is 11.0. The standard InChI is InChI=1S/C30H18BrCl2N3O4S/c31-20-8-13-24(40-30(39)27-26(33)23-12-9-21(32)15-25(23)41-27)19(14-20)16-34-36-29(38)18-6-10-22(11-7-18)35-28(37)17-4-2-1-3-5-17/h1-16H,(H,35,37)(H,36,38)/b34-16-. The first-order valence-electron chi connectivity index (χ1n) is 12.0. The lowest BCUT2D eigenvalue weighted by molar-refractivity contribution is 0.0739. The quantitative estimate of drug-likeness (QED) is 0.0792. The molecule has 11 heteroatoms. The minimum Gasteiger partial charge on any atom is -0.422 e. The van der Waals surface area contributed by atoms with Crippen LogP contribution in [0.25, 0.3) is 10.1 Å². The van der Waals surface area contributed by atoms with Crippen LogP contribution >= 0.6 is 50.5 Å². The van der Waals surface area contributed by atoms with E-state index in [0.29, 0.717) is 37.3 Å². The molecule has 41 heavy (non-hydrogen) atoms. The van der Waals surface area contributed by atoms with Gasteiger partial charge in [0, 0.05) is 42.0 Å². The van der Waals surface area contributed by atoms with Crippen molar-refractivity contribution in [2.45, 2.75) is 0 Å². The van der Waals surface area contributed by atoms with E-state index in [4.69, 9.17) is 27.9 Å². The molecule has 204 valence electrons. The molecule has 0 spiro atoms. The van der Waals surface area contributed by atoms with Crippen molar-refractivity contribution in [3.05, 3.63) is 127 Å². The average Bonchev–Trinajstić information content (AvgIpc) is 3.30. The summed E-state index contributed by atoms with van der Waals surface area (Å²) < 4.78 is 7.12. The number of hydrogen-bond donors (Lipinski definition) is 2. The minimum absolute atomic E-state index is 0.223. The van der Waals surface area contributed by atoms with Crippen molar-refractivity contribution in [1.29, 1.82) is 0 Å². The molecule has 0 fully saturated rings. The zero-order valence-corrected chi connectivity index (χ0v) is 24.8. The zero-order valence-electron chi connectivity index (χ0n) is 20.9. The number of carbonyl (C=O) groups is 3. The summed E-state index contributed by atoms with van der Waals surface area (Å²) in [4.78, 5) is 38.2. The predicted molar refractivity (Wildman–Crippen MR) is 167 cm³/mol. The molecule has 5 aromatic rings. The van der Waals surface area contributed by atoms with Gasteiger partial charge in [0.1, 0.15) is 10.6 Å². The van der Waals surface area contributed by atoms with Gasteiger partial charge in [-0.2, -0.15) is 5.10 Å². The van der Waals surface area contributed by atoms with Gasteiger partial charge in [-0.25, -0.2) is 10.2 Å². The van der Waals surface area contributed by atoms with Crippen LogP contribution in [0.4, 0.5) is 5.69 Å². The Morgan fingerprint density at radius 2 is 1.59 bits per heavy atom. The van der Waals surface area contributed by atoms with Gasteiger partial charge in [0.25, 0.3) is 11.8 Å². The van der Waals surface area contributed by atoms with Crippen LogP contribution in [-0.2, 0) is 0 Å². The number of benzene rings is 4. The summed E-state index contributed by atoms with van der Waals surface area (Å²) in [6.07, 6.45) is 1.37. The maximum atomic E-state index is 13.0. The van der Waals surface area contributed by atoms with Crippen LogP contribution in [0.3, 0.4) is 0 Å². The molecule has 1 aromatic heterocycles. The number of thiophene rings is 1. The Labute approximate surface area is 256 Å². The molecule has 2 N–H and O–H groups in total. The van der Waals surface area contributed by atoms with Crippen LogP contribution in [-0.4, -0.2) is 24.0 Å². The number of nitrogens with zero attached hydrogens (tertiary/aromatic N) is 1. The second-order valence-corrected chi connectivity index (χ2v) is 11.3. The summed E-state index contributed by atoms with van der Waals surface area (Å²) in [6, 6.07) is 25.4. The third kappa shape index (κ3) is 6.83. The van der Waals surface area contributed by atoms with Crippen molar-refractivity contribution >= 4 is 90.2 Å². The molecule has 0 atom stereocenters. The second-order valence-electron chi connectivity index (χ2n) is 8.55. The van der Waals surface area contributed by atoms with E-state index in [2.05, 4.69) is 31.8 Å². The Bertz CT molecular complexity index is 1810. The summed E-state index contributed by atoms with van der Waals surface area (Å²) in [5.74, 6) is -1.13. The van der Waals surface area contributed by atoms with Crippen LogP contribution < -0.4 is 15.5 Å². The lowest BCUT2D eigenvalue weighted by Gasteiger charge is -2.08. The molecule has 0 saturated heterocycles. The number of halogens is 3. The molecular weight excluding hydrogens is 649 g/mol. The fourth-order valence-corrected chi connectivity index (χ4v) is 5.79. The van der Waals surface area contributed by atoms with Gasteiger partial charge in [-0.1, -0.05) is 63.4 Å². The van der Waals surface area contributed by atoms with Crippen molar-refractivity contribution in [2.24, 2.45) is 5.10 Å². The number of carbonyl (C=O) groups excluding carboxylic acids is 3. The molecule has 0 aliphatic rings. The van der Waals surface area contributed by atoms with Crippen molar-refractivity contribution in [3.8, 4) is 5.75 Å². The number of amides is 2. The monoisotopic (exact) mass is 665 g/mol. The van der Waals surface area contributed by atoms with Crippen LogP contribution in [0.2, 0.25) is 10.0 Å². The van der Waals surface area contributed by atoms with Gasteiger partial charge in [-0.05, 0) is 66.7 Å². The number of anilines is 1. The Morgan fingerprint density at radius 1 is 0.854 bits per heavy atom. The van der Waals surface area contributed by atoms with Gasteiger partial charge in [-0.3, -0.25) is 9.59 Å². The van der Waals surface area contributed by atoms with E-state index in [-0.39, 0.29) is 21.6 Å². The van der Waals surface area contributed by atoms with Crippen molar-refractivity contribution in [1.82, 2.24) is 5.43 Å². The molecule has 5 rings (SSSR count). The Balaban J connectivity index is 1.25. The topological polar surface area (TPSA) is 96.9 Å². The zero-order chi connectivity index (χ0) is 28.9. The third-order valence-corrected chi connectivity index (χ3v) is 8.13. The Kier molecular flexibility index (Phi) is 8.80. The van der Waals surface area contributed by atoms with E-state index in [0.717, 1.165) is 4.70 Å². The third-order valence-electron chi connectivity index (χ3n) is 5.76. The number of nitrogens with one attached hydrogen (secondary N) is 2. The number of hydrogen-bond acceptors (Lipinski definition) is 6. The highest BCUT2D eigenvalue weighted by molar-refractivity contribution is 9.10. The van der Waals surface area contributed by atoms with Gasteiger partial charge in [0.2, 0.25) is 0 Å². The smallest absolute Gasteiger partial charge is 0.355 e. The highest BCUT2D eigenvalue weighted by atomic mass is 79.9. The molecule has 7 nitrogen and oxygen atoms in total. The van der Waals surface area contributed by atoms with Gasteiger partial charge < -0.3 is 10.1 Å². The predicted octanol–water partition coefficient (Wildman–Crippen LogP) is 8.21. The van der Waals surface area contributed by atoms with Crippen LogP contribution in [0.1, 0.15) is 36.0 Å². The maximum Gasteiger partial charge on any atom is 0.355 e. The molecule has 0 bridgehead atoms. The van der Waals surface area contributed by atoms with Crippen LogP contribution in [0.5, 0.6) is 5.75 Å². The van der Waals surface area contributed by atoms with Crippen molar-refractivity contribution in [3.63, 3.8) is 0 Å². The second kappa shape index (κ2) is 12.7. The molecule has 0 radical (unpaired) electrons. The molecule has 0 unspecified atom stereocenters. The molecule has 0 aliphatic heterocycles. The SMILES string of the molecule is O=C(N/N=C\c1cc(Br)ccc1OC(=O)c1sc2cc(Cl)ccc2c1Cl)c1ccc(NC(=O)c2ccccc2)cc1. The Morgan fingerprint density at radius 3 is 2.34 bits per heavy atom. The summed E-state index contributed by atoms with van der Waals surface area (Å²) >= 11 is 17.1. The largest absolute Gasteiger partial charge is 0.422 e. The van der Waals surface area contributed by atoms with E-state index < -0.39 is 11.9 Å². The lowest BCUT2D eigenvalue weighted by atomic mass is 10.1. The average molecular weight is 667 g/mol. The highest BCUT2D eigenvalue weighted by Crippen LogP contribution is 2.37. The summed E-state index contributed by atoms with van der Waals surface area (Å²) in [5.41, 5.74) is 4.29. The molecular formula is C30H18BrCl2N3O4S. The minimum atomic E-state index is -0.632. The number of rotatable bonds is 7. The highest BCUT2D eigenvalue weighted by Gasteiger charge is 2.20. The van der Waals surface area contributed by atoms with E-state index in [9.17, 15) is 14.4 Å². The first-order chi connectivity index (χ1) is 19.8. The van der Waals surface area contributed by atoms with Crippen molar-refractivity contribution in [2.75, 3.05) is 5.32 Å². The van der Waals surface area contributed by atoms with Crippen molar-refractivity contribution < 1.29 is 19.1 Å². The van der Waals surface area contributed by atoms with E-state index in [1.54, 1.807) is 84.9 Å². The molecule has 1 heterocycles. The van der Waals surface area contributed by atoms with Crippen LogP contribution in [0.15, 0.2) is 101 Å². The molecule has 0 saturated carbocycles. The van der Waals surface area contributed by atoms with Gasteiger partial charge in [0.05, 0.1) is 11.2 Å². The van der Waals surface area contributed by atoms with Gasteiger partial charge in [-0.15, -0.1) is 11.3 Å². The van der Waals surface area contributed by atoms with Gasteiger partial charge >= 0.3 is 5.97 Å². The molecule has 4 aromatic carbocycles. The number of fused-ring (bicyclic) bond motifs is 1. The lowest BCUT2D eigenvalue weighted by Crippen LogP contribution is -2.18. The maximum absolute atomic E-state index is 13.0. The molecule has 0 aliphatic carbocycles. The van der Waals surface area contributed by atoms with Crippen LogP contribution in [0, 0.1) is 0 Å². The summed E-state index contributed by atoms with van der Waals surface area (Å²) in [5, 5.41) is 8.34. The number of esters is 1. The first kappa shape index (κ1) is 28.5.